The quantitative estimate of drug-likeness (QED) is 0.372. The largest absolute Gasteiger partial charge is 0.380 e. The highest BCUT2D eigenvalue weighted by atomic mass is 16.5. The Balaban J connectivity index is 1.92. The monoisotopic (exact) mass is 404 g/mol. The zero-order valence-electron chi connectivity index (χ0n) is 17.1. The van der Waals surface area contributed by atoms with Crippen molar-refractivity contribution in [3.63, 3.8) is 0 Å². The number of carbonyl (C=O) groups excluding carboxylic acids is 2. The SMILES string of the molecule is COCc1cc(-c2ccccc2)c2c(c1-c1ccccc1)C(=O)c1ccccc1C2=O. The van der Waals surface area contributed by atoms with Crippen LogP contribution >= 0.6 is 0 Å². The fraction of sp³-hybridized carbons (Fsp3) is 0.0714. The molecule has 0 N–H and O–H groups in total. The number of carbonyl (C=O) groups is 2. The maximum atomic E-state index is 13.8. The Kier molecular flexibility index (Phi) is 4.81. The Morgan fingerprint density at radius 1 is 0.581 bits per heavy atom. The third-order valence-electron chi connectivity index (χ3n) is 5.73. The first-order chi connectivity index (χ1) is 15.2. The van der Waals surface area contributed by atoms with Crippen molar-refractivity contribution in [1.82, 2.24) is 0 Å². The van der Waals surface area contributed by atoms with E-state index >= 15 is 0 Å². The third kappa shape index (κ3) is 3.11. The topological polar surface area (TPSA) is 43.4 Å². The van der Waals surface area contributed by atoms with Crippen molar-refractivity contribution < 1.29 is 14.3 Å². The molecule has 31 heavy (non-hydrogen) atoms. The van der Waals surface area contributed by atoms with Crippen LogP contribution in [0.25, 0.3) is 22.3 Å². The smallest absolute Gasteiger partial charge is 0.195 e. The first kappa shape index (κ1) is 19.2. The van der Waals surface area contributed by atoms with Gasteiger partial charge in [0, 0.05) is 29.4 Å². The molecule has 0 spiro atoms. The van der Waals surface area contributed by atoms with E-state index in [-0.39, 0.29) is 11.6 Å². The van der Waals surface area contributed by atoms with E-state index in [0.717, 1.165) is 27.8 Å². The Morgan fingerprint density at radius 2 is 1.10 bits per heavy atom. The highest BCUT2D eigenvalue weighted by Gasteiger charge is 2.35. The van der Waals surface area contributed by atoms with Gasteiger partial charge in [0.15, 0.2) is 11.6 Å². The molecule has 1 aliphatic rings. The number of hydrogen-bond donors (Lipinski definition) is 0. The molecular formula is C28H20O3. The number of ether oxygens (including phenoxy) is 1. The Hall–Kier alpha value is -3.82. The average Bonchev–Trinajstić information content (AvgIpc) is 2.83. The Morgan fingerprint density at radius 3 is 1.68 bits per heavy atom. The van der Waals surface area contributed by atoms with Crippen molar-refractivity contribution in [3.05, 3.63) is 119 Å². The lowest BCUT2D eigenvalue weighted by Crippen LogP contribution is -2.23. The second-order valence-electron chi connectivity index (χ2n) is 7.58. The summed E-state index contributed by atoms with van der Waals surface area (Å²) in [5.74, 6) is -0.246. The summed E-state index contributed by atoms with van der Waals surface area (Å²) in [5.41, 5.74) is 6.03. The Bertz CT molecular complexity index is 1310. The summed E-state index contributed by atoms with van der Waals surface area (Å²) in [6.45, 7) is 0.334. The van der Waals surface area contributed by atoms with Gasteiger partial charge in [-0.05, 0) is 33.9 Å². The van der Waals surface area contributed by atoms with Gasteiger partial charge < -0.3 is 4.74 Å². The molecule has 0 saturated heterocycles. The average molecular weight is 404 g/mol. The number of fused-ring (bicyclic) bond motifs is 2. The lowest BCUT2D eigenvalue weighted by Gasteiger charge is -2.25. The van der Waals surface area contributed by atoms with E-state index in [9.17, 15) is 9.59 Å². The first-order valence-electron chi connectivity index (χ1n) is 10.2. The van der Waals surface area contributed by atoms with Crippen LogP contribution < -0.4 is 0 Å². The van der Waals surface area contributed by atoms with Gasteiger partial charge in [-0.1, -0.05) is 84.9 Å². The van der Waals surface area contributed by atoms with Gasteiger partial charge in [0.1, 0.15) is 0 Å². The molecule has 0 fully saturated rings. The summed E-state index contributed by atoms with van der Waals surface area (Å²) in [6.07, 6.45) is 0. The summed E-state index contributed by atoms with van der Waals surface area (Å²) < 4.78 is 5.51. The summed E-state index contributed by atoms with van der Waals surface area (Å²) >= 11 is 0. The van der Waals surface area contributed by atoms with Crippen molar-refractivity contribution >= 4 is 11.6 Å². The van der Waals surface area contributed by atoms with Crippen LogP contribution in [0.5, 0.6) is 0 Å². The maximum Gasteiger partial charge on any atom is 0.195 e. The van der Waals surface area contributed by atoms with E-state index in [1.54, 1.807) is 31.4 Å². The molecule has 4 aromatic carbocycles. The molecule has 0 atom stereocenters. The van der Waals surface area contributed by atoms with Gasteiger partial charge in [0.2, 0.25) is 0 Å². The van der Waals surface area contributed by atoms with Crippen LogP contribution in [-0.2, 0) is 11.3 Å². The second-order valence-corrected chi connectivity index (χ2v) is 7.58. The van der Waals surface area contributed by atoms with Crippen LogP contribution in [0.1, 0.15) is 37.4 Å². The van der Waals surface area contributed by atoms with Gasteiger partial charge in [-0.15, -0.1) is 0 Å². The van der Waals surface area contributed by atoms with Crippen LogP contribution in [0.4, 0.5) is 0 Å². The van der Waals surface area contributed by atoms with E-state index < -0.39 is 0 Å². The third-order valence-corrected chi connectivity index (χ3v) is 5.73. The van der Waals surface area contributed by atoms with E-state index in [2.05, 4.69) is 0 Å². The molecule has 0 saturated carbocycles. The molecule has 0 amide bonds. The van der Waals surface area contributed by atoms with Crippen molar-refractivity contribution in [2.75, 3.05) is 7.11 Å². The molecule has 0 bridgehead atoms. The summed E-state index contributed by atoms with van der Waals surface area (Å²) in [4.78, 5) is 27.5. The van der Waals surface area contributed by atoms with Gasteiger partial charge in [0.25, 0.3) is 0 Å². The fourth-order valence-corrected chi connectivity index (χ4v) is 4.40. The van der Waals surface area contributed by atoms with Crippen molar-refractivity contribution in [2.45, 2.75) is 6.61 Å². The molecule has 3 nitrogen and oxygen atoms in total. The van der Waals surface area contributed by atoms with Gasteiger partial charge in [0.05, 0.1) is 6.61 Å². The lowest BCUT2D eigenvalue weighted by atomic mass is 9.75. The van der Waals surface area contributed by atoms with Crippen molar-refractivity contribution in [2.24, 2.45) is 0 Å². The molecule has 0 aromatic heterocycles. The van der Waals surface area contributed by atoms with Gasteiger partial charge >= 0.3 is 0 Å². The van der Waals surface area contributed by atoms with Crippen molar-refractivity contribution in [3.8, 4) is 22.3 Å². The number of rotatable bonds is 4. The second kappa shape index (κ2) is 7.78. The summed E-state index contributed by atoms with van der Waals surface area (Å²) in [6, 6.07) is 28.6. The lowest BCUT2D eigenvalue weighted by molar-refractivity contribution is 0.0979. The molecule has 0 unspecified atom stereocenters. The molecule has 5 rings (SSSR count). The summed E-state index contributed by atoms with van der Waals surface area (Å²) in [7, 11) is 1.64. The van der Waals surface area contributed by atoms with E-state index in [0.29, 0.717) is 28.9 Å². The zero-order chi connectivity index (χ0) is 21.4. The van der Waals surface area contributed by atoms with Crippen LogP contribution in [0.15, 0.2) is 91.0 Å². The van der Waals surface area contributed by atoms with E-state index in [1.807, 2.05) is 66.7 Å². The minimum absolute atomic E-state index is 0.120. The van der Waals surface area contributed by atoms with E-state index in [1.165, 1.54) is 0 Å². The van der Waals surface area contributed by atoms with Gasteiger partial charge in [-0.3, -0.25) is 9.59 Å². The first-order valence-corrected chi connectivity index (χ1v) is 10.2. The van der Waals surface area contributed by atoms with Crippen LogP contribution in [0.3, 0.4) is 0 Å². The minimum atomic E-state index is -0.126. The Labute approximate surface area is 180 Å². The number of benzene rings is 4. The molecule has 3 heteroatoms. The van der Waals surface area contributed by atoms with Crippen LogP contribution in [0, 0.1) is 0 Å². The number of hydrogen-bond acceptors (Lipinski definition) is 3. The number of ketones is 2. The summed E-state index contributed by atoms with van der Waals surface area (Å²) in [5, 5.41) is 0. The highest BCUT2D eigenvalue weighted by Crippen LogP contribution is 2.42. The van der Waals surface area contributed by atoms with Crippen LogP contribution in [0.2, 0.25) is 0 Å². The molecule has 4 aromatic rings. The van der Waals surface area contributed by atoms with Gasteiger partial charge in [-0.2, -0.15) is 0 Å². The maximum absolute atomic E-state index is 13.8. The predicted octanol–water partition coefficient (Wildman–Crippen LogP) is 5.94. The van der Waals surface area contributed by atoms with Crippen LogP contribution in [-0.4, -0.2) is 18.7 Å². The minimum Gasteiger partial charge on any atom is -0.380 e. The molecule has 1 aliphatic carbocycles. The molecule has 0 aliphatic heterocycles. The van der Waals surface area contributed by atoms with Gasteiger partial charge in [-0.25, -0.2) is 0 Å². The standard InChI is InChI=1S/C28H20O3/c1-31-17-20-16-23(18-10-4-2-5-11-18)25-26(24(20)19-12-6-3-7-13-19)28(30)22-15-9-8-14-21(22)27(25)29/h2-16H,17H2,1H3. The molecular weight excluding hydrogens is 384 g/mol. The van der Waals surface area contributed by atoms with E-state index in [4.69, 9.17) is 4.74 Å². The normalized spacial score (nSPS) is 12.4. The molecule has 0 heterocycles. The fourth-order valence-electron chi connectivity index (χ4n) is 4.40. The zero-order valence-corrected chi connectivity index (χ0v) is 17.1. The highest BCUT2D eigenvalue weighted by molar-refractivity contribution is 6.32. The number of methoxy groups -OCH3 is 1. The molecule has 150 valence electrons. The predicted molar refractivity (Wildman–Crippen MR) is 121 cm³/mol. The molecule has 0 radical (unpaired) electrons. The van der Waals surface area contributed by atoms with Crippen molar-refractivity contribution in [1.29, 1.82) is 0 Å².